The molecule has 0 fully saturated rings. The minimum atomic E-state index is -4.23. The summed E-state index contributed by atoms with van der Waals surface area (Å²) in [5.41, 5.74) is 0. The topological polar surface area (TPSA) is 108 Å². The van der Waals surface area contributed by atoms with Crippen LogP contribution < -0.4 is 4.72 Å². The maximum Gasteiger partial charge on any atom is 0.359 e. The third-order valence-electron chi connectivity index (χ3n) is 0.641. The van der Waals surface area contributed by atoms with Crippen LogP contribution in [-0.4, -0.2) is 28.2 Å². The summed E-state index contributed by atoms with van der Waals surface area (Å²) in [5.74, 6) is -0.123. The number of anilines is 1. The second-order valence-corrected chi connectivity index (χ2v) is 2.57. The van der Waals surface area contributed by atoms with Crippen LogP contribution in [0, 0.1) is 0 Å². The smallest absolute Gasteiger partial charge is 0.269 e. The van der Waals surface area contributed by atoms with Crippen LogP contribution in [0.3, 0.4) is 0 Å². The third-order valence-corrected chi connectivity index (χ3v) is 1.09. The lowest BCUT2D eigenvalue weighted by molar-refractivity contribution is 0.489. The fraction of sp³-hybridized carbons (Fsp3) is 0. The number of nitrogens with zero attached hydrogens (tertiary/aromatic N) is 2. The van der Waals surface area contributed by atoms with Gasteiger partial charge in [0.2, 0.25) is 5.95 Å². The molecule has 0 aromatic carbocycles. The van der Waals surface area contributed by atoms with Crippen molar-refractivity contribution in [3.63, 3.8) is 0 Å². The summed E-state index contributed by atoms with van der Waals surface area (Å²) in [4.78, 5) is 3.38. The van der Waals surface area contributed by atoms with E-state index in [0.717, 1.165) is 6.33 Å². The first-order chi connectivity index (χ1) is 4.58. The Kier molecular flexibility index (Phi) is 1.55. The normalized spacial score (nSPS) is 11.3. The number of aromatic nitrogens is 3. The lowest BCUT2D eigenvalue weighted by atomic mass is 11.1. The van der Waals surface area contributed by atoms with Crippen molar-refractivity contribution in [2.24, 2.45) is 0 Å². The molecule has 1 aromatic heterocycles. The molecular formula is C2H4N4O3S. The summed E-state index contributed by atoms with van der Waals surface area (Å²) in [7, 11) is -4.23. The highest BCUT2D eigenvalue weighted by Crippen LogP contribution is 1.93. The van der Waals surface area contributed by atoms with Crippen LogP contribution in [0.2, 0.25) is 0 Å². The quantitative estimate of drug-likeness (QED) is 0.487. The van der Waals surface area contributed by atoms with Crippen LogP contribution >= 0.6 is 0 Å². The fourth-order valence-corrected chi connectivity index (χ4v) is 0.720. The molecule has 1 heterocycles. The van der Waals surface area contributed by atoms with Crippen LogP contribution in [-0.2, 0) is 10.3 Å². The molecule has 0 radical (unpaired) electrons. The Morgan fingerprint density at radius 2 is 2.40 bits per heavy atom. The second-order valence-electron chi connectivity index (χ2n) is 1.41. The Morgan fingerprint density at radius 3 is 2.80 bits per heavy atom. The Morgan fingerprint density at radius 1 is 1.70 bits per heavy atom. The van der Waals surface area contributed by atoms with Crippen LogP contribution in [0.4, 0.5) is 5.95 Å². The minimum absolute atomic E-state index is 0.123. The molecule has 0 bridgehead atoms. The maximum absolute atomic E-state index is 10.1. The number of hydrogen-bond donors (Lipinski definition) is 3. The minimum Gasteiger partial charge on any atom is -0.269 e. The molecule has 0 unspecified atom stereocenters. The van der Waals surface area contributed by atoms with Gasteiger partial charge in [-0.25, -0.2) is 9.82 Å². The van der Waals surface area contributed by atoms with Crippen LogP contribution in [0.15, 0.2) is 6.33 Å². The highest BCUT2D eigenvalue weighted by atomic mass is 32.2. The van der Waals surface area contributed by atoms with Gasteiger partial charge in [0.15, 0.2) is 0 Å². The van der Waals surface area contributed by atoms with Crippen LogP contribution in [0.1, 0.15) is 0 Å². The molecule has 0 saturated carbocycles. The number of aromatic amines is 1. The molecule has 1 rings (SSSR count). The first-order valence-corrected chi connectivity index (χ1v) is 3.62. The van der Waals surface area contributed by atoms with Gasteiger partial charge in [0.05, 0.1) is 0 Å². The monoisotopic (exact) mass is 164 g/mol. The van der Waals surface area contributed by atoms with Crippen molar-refractivity contribution in [3.8, 4) is 0 Å². The lowest BCUT2D eigenvalue weighted by Crippen LogP contribution is -2.11. The maximum atomic E-state index is 10.1. The first kappa shape index (κ1) is 6.96. The SMILES string of the molecule is O=S(=O)(O)Nc1ncn[nH]1. The fourth-order valence-electron chi connectivity index (χ4n) is 0.377. The Balaban J connectivity index is 2.75. The average molecular weight is 164 g/mol. The predicted octanol–water partition coefficient (Wildman–Crippen LogP) is -0.981. The molecule has 8 heteroatoms. The van der Waals surface area contributed by atoms with E-state index in [9.17, 15) is 8.42 Å². The van der Waals surface area contributed by atoms with Gasteiger partial charge in [0.1, 0.15) is 6.33 Å². The number of nitrogens with one attached hydrogen (secondary N) is 2. The largest absolute Gasteiger partial charge is 0.359 e. The van der Waals surface area contributed by atoms with E-state index in [1.54, 1.807) is 4.72 Å². The molecule has 0 aliphatic rings. The van der Waals surface area contributed by atoms with Gasteiger partial charge in [-0.15, -0.1) is 0 Å². The highest BCUT2D eigenvalue weighted by Gasteiger charge is 2.04. The lowest BCUT2D eigenvalue weighted by Gasteiger charge is -1.93. The summed E-state index contributed by atoms with van der Waals surface area (Å²) in [6, 6.07) is 0. The zero-order valence-electron chi connectivity index (χ0n) is 4.64. The molecule has 0 atom stereocenters. The van der Waals surface area contributed by atoms with E-state index in [-0.39, 0.29) is 5.95 Å². The predicted molar refractivity (Wildman–Crippen MR) is 31.6 cm³/mol. The van der Waals surface area contributed by atoms with Gasteiger partial charge in [0, 0.05) is 0 Å². The van der Waals surface area contributed by atoms with E-state index < -0.39 is 10.3 Å². The number of rotatable bonds is 2. The Hall–Kier alpha value is -1.15. The summed E-state index contributed by atoms with van der Waals surface area (Å²) in [6.07, 6.45) is 1.10. The molecule has 0 aliphatic heterocycles. The van der Waals surface area contributed by atoms with Crippen molar-refractivity contribution in [3.05, 3.63) is 6.33 Å². The highest BCUT2D eigenvalue weighted by molar-refractivity contribution is 7.87. The Bertz CT molecular complexity index is 288. The average Bonchev–Trinajstić information content (AvgIpc) is 2.12. The van der Waals surface area contributed by atoms with Gasteiger partial charge in [0.25, 0.3) is 0 Å². The van der Waals surface area contributed by atoms with Gasteiger partial charge in [-0.2, -0.15) is 18.5 Å². The standard InChI is InChI=1S/C2H4N4O3S/c7-10(8,9)6-2-3-1-4-5-2/h1H,(H,7,8,9)(H2,3,4,5,6). The third kappa shape index (κ3) is 1.99. The zero-order valence-corrected chi connectivity index (χ0v) is 5.46. The van der Waals surface area contributed by atoms with Gasteiger partial charge >= 0.3 is 10.3 Å². The number of H-pyrrole nitrogens is 1. The van der Waals surface area contributed by atoms with Crippen molar-refractivity contribution in [2.45, 2.75) is 0 Å². The zero-order chi connectivity index (χ0) is 7.61. The van der Waals surface area contributed by atoms with Crippen LogP contribution in [0.5, 0.6) is 0 Å². The van der Waals surface area contributed by atoms with Gasteiger partial charge < -0.3 is 0 Å². The summed E-state index contributed by atoms with van der Waals surface area (Å²) in [6.45, 7) is 0. The number of hydrogen-bond acceptors (Lipinski definition) is 4. The van der Waals surface area contributed by atoms with Crippen molar-refractivity contribution in [1.82, 2.24) is 15.2 Å². The van der Waals surface area contributed by atoms with E-state index in [1.165, 1.54) is 0 Å². The van der Waals surface area contributed by atoms with Crippen molar-refractivity contribution in [1.29, 1.82) is 0 Å². The second kappa shape index (κ2) is 2.23. The van der Waals surface area contributed by atoms with Crippen molar-refractivity contribution >= 4 is 16.3 Å². The molecule has 0 saturated heterocycles. The van der Waals surface area contributed by atoms with Crippen LogP contribution in [0.25, 0.3) is 0 Å². The summed E-state index contributed by atoms with van der Waals surface area (Å²) < 4.78 is 29.9. The molecular weight excluding hydrogens is 160 g/mol. The van der Waals surface area contributed by atoms with E-state index in [0.29, 0.717) is 0 Å². The van der Waals surface area contributed by atoms with E-state index in [1.807, 2.05) is 0 Å². The molecule has 0 spiro atoms. The summed E-state index contributed by atoms with van der Waals surface area (Å²) in [5, 5.41) is 5.51. The van der Waals surface area contributed by atoms with Gasteiger partial charge in [-0.05, 0) is 0 Å². The molecule has 10 heavy (non-hydrogen) atoms. The molecule has 0 amide bonds. The van der Waals surface area contributed by atoms with E-state index >= 15 is 0 Å². The van der Waals surface area contributed by atoms with Crippen molar-refractivity contribution < 1.29 is 13.0 Å². The summed E-state index contributed by atoms with van der Waals surface area (Å²) >= 11 is 0. The molecule has 7 nitrogen and oxygen atoms in total. The molecule has 1 aromatic rings. The Labute approximate surface area is 56.4 Å². The van der Waals surface area contributed by atoms with Gasteiger partial charge in [-0.1, -0.05) is 0 Å². The molecule has 56 valence electrons. The van der Waals surface area contributed by atoms with Crippen molar-refractivity contribution in [2.75, 3.05) is 4.72 Å². The van der Waals surface area contributed by atoms with E-state index in [4.69, 9.17) is 4.55 Å². The van der Waals surface area contributed by atoms with E-state index in [2.05, 4.69) is 15.2 Å². The molecule has 3 N–H and O–H groups in total. The first-order valence-electron chi connectivity index (χ1n) is 2.18. The van der Waals surface area contributed by atoms with Gasteiger partial charge in [-0.3, -0.25) is 4.55 Å². The molecule has 0 aliphatic carbocycles.